The maximum absolute atomic E-state index is 11.7. The molecule has 0 aliphatic heterocycles. The van der Waals surface area contributed by atoms with E-state index in [1.807, 2.05) is 38.1 Å². The maximum Gasteiger partial charge on any atom is 0.345 e. The fraction of sp³-hybridized carbons (Fsp3) is 0.211. The third kappa shape index (κ3) is 3.94. The fourth-order valence-electron chi connectivity index (χ4n) is 2.39. The van der Waals surface area contributed by atoms with Crippen LogP contribution in [0.1, 0.15) is 22.3 Å². The average Bonchev–Trinajstić information content (AvgIpc) is 2.59. The third-order valence-corrected chi connectivity index (χ3v) is 3.69. The molecule has 0 unspecified atom stereocenters. The lowest BCUT2D eigenvalue weighted by molar-refractivity contribution is 0.205. The molecule has 0 spiro atoms. The minimum absolute atomic E-state index is 0.217. The van der Waals surface area contributed by atoms with Crippen molar-refractivity contribution in [2.45, 2.75) is 20.5 Å². The summed E-state index contributed by atoms with van der Waals surface area (Å²) in [5.41, 5.74) is 4.12. The van der Waals surface area contributed by atoms with Gasteiger partial charge in [-0.15, -0.1) is 0 Å². The molecule has 0 aliphatic carbocycles. The highest BCUT2D eigenvalue weighted by Crippen LogP contribution is 2.25. The first kappa shape index (κ1) is 17.6. The van der Waals surface area contributed by atoms with E-state index in [9.17, 15) is 10.0 Å². The number of rotatable bonds is 5. The van der Waals surface area contributed by atoms with Gasteiger partial charge in [0, 0.05) is 12.6 Å². The largest absolute Gasteiger partial charge is 0.489 e. The van der Waals surface area contributed by atoms with E-state index in [1.54, 1.807) is 18.2 Å². The number of nitrogens with one attached hydrogen (secondary N) is 1. The maximum atomic E-state index is 11.7. The van der Waals surface area contributed by atoms with Gasteiger partial charge in [-0.05, 0) is 43.2 Å². The predicted molar refractivity (Wildman–Crippen MR) is 95.5 cm³/mol. The number of carbonyl (C=O) groups excluding carboxylic acids is 1. The van der Waals surface area contributed by atoms with Crippen LogP contribution in [0.15, 0.2) is 43.0 Å². The van der Waals surface area contributed by atoms with Crippen LogP contribution < -0.4 is 15.1 Å². The Balaban J connectivity index is 2.29. The number of nitrogens with zero attached hydrogens (tertiary/aromatic N) is 1. The van der Waals surface area contributed by atoms with Crippen molar-refractivity contribution in [1.82, 2.24) is 5.32 Å². The van der Waals surface area contributed by atoms with Gasteiger partial charge < -0.3 is 10.1 Å². The molecule has 0 saturated carbocycles. The Kier molecular flexibility index (Phi) is 5.60. The lowest BCUT2D eigenvalue weighted by Crippen LogP contribution is -2.36. The Bertz CT molecular complexity index is 756. The molecule has 2 N–H and O–H groups in total. The van der Waals surface area contributed by atoms with E-state index in [-0.39, 0.29) is 6.61 Å². The fourth-order valence-corrected chi connectivity index (χ4v) is 2.39. The normalized spacial score (nSPS) is 10.2. The number of hydrogen-bond donors (Lipinski definition) is 2. The van der Waals surface area contributed by atoms with Crippen LogP contribution in [0.25, 0.3) is 6.08 Å². The van der Waals surface area contributed by atoms with Crippen LogP contribution in [0.3, 0.4) is 0 Å². The zero-order valence-electron chi connectivity index (χ0n) is 14.2. The molecular weight excluding hydrogens is 304 g/mol. The monoisotopic (exact) mass is 326 g/mol. The lowest BCUT2D eigenvalue weighted by atomic mass is 10.1. The van der Waals surface area contributed by atoms with E-state index in [0.717, 1.165) is 22.4 Å². The van der Waals surface area contributed by atoms with Crippen LogP contribution in [0.5, 0.6) is 5.75 Å². The number of urea groups is 1. The standard InChI is InChI=1S/C19H22N2O3/c1-5-15-7-8-17(21(23)19(22)20-4)16(11-15)12-24-18-9-6-13(2)10-14(18)3/h5-11,23H,1,12H2,2-4H3,(H,20,22). The molecule has 2 aromatic carbocycles. The zero-order chi connectivity index (χ0) is 17.7. The van der Waals surface area contributed by atoms with Crippen molar-refractivity contribution >= 4 is 17.8 Å². The van der Waals surface area contributed by atoms with Gasteiger partial charge in [0.05, 0.1) is 5.69 Å². The van der Waals surface area contributed by atoms with Crippen LogP contribution in [0.2, 0.25) is 0 Å². The summed E-state index contributed by atoms with van der Waals surface area (Å²) >= 11 is 0. The summed E-state index contributed by atoms with van der Waals surface area (Å²) < 4.78 is 5.88. The quantitative estimate of drug-likeness (QED) is 0.643. The summed E-state index contributed by atoms with van der Waals surface area (Å²) in [4.78, 5) is 11.7. The molecule has 5 heteroatoms. The molecular formula is C19H22N2O3. The van der Waals surface area contributed by atoms with E-state index in [2.05, 4.69) is 11.9 Å². The van der Waals surface area contributed by atoms with Gasteiger partial charge in [-0.3, -0.25) is 5.21 Å². The third-order valence-electron chi connectivity index (χ3n) is 3.69. The summed E-state index contributed by atoms with van der Waals surface area (Å²) in [6.45, 7) is 7.96. The number of carbonyl (C=O) groups is 1. The zero-order valence-corrected chi connectivity index (χ0v) is 14.2. The first-order chi connectivity index (χ1) is 11.5. The molecule has 0 bridgehead atoms. The van der Waals surface area contributed by atoms with E-state index >= 15 is 0 Å². The molecule has 2 rings (SSSR count). The second-order valence-electron chi connectivity index (χ2n) is 5.52. The Morgan fingerprint density at radius 1 is 1.29 bits per heavy atom. The molecule has 126 valence electrons. The first-order valence-electron chi connectivity index (χ1n) is 7.62. The van der Waals surface area contributed by atoms with E-state index in [1.165, 1.54) is 7.05 Å². The minimum Gasteiger partial charge on any atom is -0.489 e. The summed E-state index contributed by atoms with van der Waals surface area (Å²) in [7, 11) is 1.45. The van der Waals surface area contributed by atoms with E-state index in [0.29, 0.717) is 16.3 Å². The van der Waals surface area contributed by atoms with Crippen molar-refractivity contribution in [3.8, 4) is 5.75 Å². The summed E-state index contributed by atoms with van der Waals surface area (Å²) in [5.74, 6) is 0.764. The van der Waals surface area contributed by atoms with Gasteiger partial charge >= 0.3 is 6.03 Å². The average molecular weight is 326 g/mol. The van der Waals surface area contributed by atoms with Gasteiger partial charge in [-0.1, -0.05) is 36.4 Å². The highest BCUT2D eigenvalue weighted by molar-refractivity contribution is 5.90. The number of hydroxylamine groups is 1. The number of anilines is 1. The highest BCUT2D eigenvalue weighted by atomic mass is 16.5. The minimum atomic E-state index is -0.617. The number of benzene rings is 2. The second kappa shape index (κ2) is 7.66. The Hall–Kier alpha value is -2.79. The molecule has 0 aliphatic rings. The van der Waals surface area contributed by atoms with Crippen molar-refractivity contribution in [2.75, 3.05) is 12.1 Å². The molecule has 24 heavy (non-hydrogen) atoms. The summed E-state index contributed by atoms with van der Waals surface area (Å²) in [6, 6.07) is 10.6. The van der Waals surface area contributed by atoms with Gasteiger partial charge in [0.15, 0.2) is 0 Å². The molecule has 0 fully saturated rings. The number of hydrogen-bond acceptors (Lipinski definition) is 3. The van der Waals surface area contributed by atoms with Gasteiger partial charge in [0.2, 0.25) is 0 Å². The Morgan fingerprint density at radius 3 is 2.67 bits per heavy atom. The van der Waals surface area contributed by atoms with Gasteiger partial charge in [0.25, 0.3) is 0 Å². The first-order valence-corrected chi connectivity index (χ1v) is 7.62. The summed E-state index contributed by atoms with van der Waals surface area (Å²) in [5, 5.41) is 13.0. The molecule has 2 aromatic rings. The van der Waals surface area contributed by atoms with Crippen molar-refractivity contribution in [3.63, 3.8) is 0 Å². The molecule has 2 amide bonds. The number of aryl methyl sites for hydroxylation is 2. The van der Waals surface area contributed by atoms with Crippen LogP contribution in [-0.2, 0) is 6.61 Å². The molecule has 0 atom stereocenters. The predicted octanol–water partition coefficient (Wildman–Crippen LogP) is 4.06. The molecule has 0 radical (unpaired) electrons. The Morgan fingerprint density at radius 2 is 2.04 bits per heavy atom. The van der Waals surface area contributed by atoms with Crippen LogP contribution >= 0.6 is 0 Å². The molecule has 0 aromatic heterocycles. The highest BCUT2D eigenvalue weighted by Gasteiger charge is 2.16. The van der Waals surface area contributed by atoms with Crippen LogP contribution in [0.4, 0.5) is 10.5 Å². The van der Waals surface area contributed by atoms with Crippen molar-refractivity contribution < 1.29 is 14.7 Å². The molecule has 5 nitrogen and oxygen atoms in total. The van der Waals surface area contributed by atoms with Crippen molar-refractivity contribution in [2.24, 2.45) is 0 Å². The van der Waals surface area contributed by atoms with E-state index in [4.69, 9.17) is 4.74 Å². The van der Waals surface area contributed by atoms with Crippen molar-refractivity contribution in [3.05, 3.63) is 65.2 Å². The van der Waals surface area contributed by atoms with Crippen LogP contribution in [0, 0.1) is 13.8 Å². The van der Waals surface area contributed by atoms with Gasteiger partial charge in [-0.25, -0.2) is 4.79 Å². The SMILES string of the molecule is C=Cc1ccc(N(O)C(=O)NC)c(COc2ccc(C)cc2C)c1. The van der Waals surface area contributed by atoms with Gasteiger partial charge in [0.1, 0.15) is 12.4 Å². The van der Waals surface area contributed by atoms with Crippen molar-refractivity contribution in [1.29, 1.82) is 0 Å². The smallest absolute Gasteiger partial charge is 0.345 e. The van der Waals surface area contributed by atoms with E-state index < -0.39 is 6.03 Å². The Labute approximate surface area is 142 Å². The number of amides is 2. The molecule has 0 saturated heterocycles. The lowest BCUT2D eigenvalue weighted by Gasteiger charge is -2.19. The molecule has 0 heterocycles. The topological polar surface area (TPSA) is 61.8 Å². The summed E-state index contributed by atoms with van der Waals surface area (Å²) in [6.07, 6.45) is 1.70. The van der Waals surface area contributed by atoms with Crippen LogP contribution in [-0.4, -0.2) is 18.3 Å². The number of ether oxygens (including phenoxy) is 1. The second-order valence-corrected chi connectivity index (χ2v) is 5.52. The van der Waals surface area contributed by atoms with Gasteiger partial charge in [-0.2, -0.15) is 5.06 Å².